The Morgan fingerprint density at radius 3 is 2.26 bits per heavy atom. The first kappa shape index (κ1) is 14.0. The number of methoxy groups -OCH3 is 1. The number of nitrogens with zero attached hydrogens (tertiary/aromatic N) is 2. The summed E-state index contributed by atoms with van der Waals surface area (Å²) in [5.74, 6) is 0.863. The number of anilines is 2. The molecule has 0 spiro atoms. The molecule has 0 aromatic heterocycles. The third-order valence-corrected chi connectivity index (χ3v) is 3.81. The summed E-state index contributed by atoms with van der Waals surface area (Å²) in [6.45, 7) is 11.0. The summed E-state index contributed by atoms with van der Waals surface area (Å²) in [6.07, 6.45) is 0. The maximum atomic E-state index is 6.08. The van der Waals surface area contributed by atoms with Crippen molar-refractivity contribution in [2.45, 2.75) is 26.3 Å². The minimum atomic E-state index is 0.242. The van der Waals surface area contributed by atoms with Crippen LogP contribution in [0.5, 0.6) is 5.75 Å². The third kappa shape index (κ3) is 3.13. The molecule has 0 amide bonds. The fourth-order valence-electron chi connectivity index (χ4n) is 2.54. The molecule has 0 aliphatic carbocycles. The van der Waals surface area contributed by atoms with Crippen LogP contribution in [0.2, 0.25) is 0 Å². The Balaban J connectivity index is 2.09. The molecule has 106 valence electrons. The zero-order valence-electron chi connectivity index (χ0n) is 12.4. The summed E-state index contributed by atoms with van der Waals surface area (Å²) >= 11 is 0. The molecular weight excluding hydrogens is 238 g/mol. The van der Waals surface area contributed by atoms with Crippen LogP contribution >= 0.6 is 0 Å². The lowest BCUT2D eigenvalue weighted by atomic mass is 10.0. The average Bonchev–Trinajstić information content (AvgIpc) is 2.38. The van der Waals surface area contributed by atoms with Crippen molar-refractivity contribution in [2.75, 3.05) is 43.9 Å². The van der Waals surface area contributed by atoms with Crippen LogP contribution < -0.4 is 15.4 Å². The zero-order chi connectivity index (χ0) is 14.0. The lowest BCUT2D eigenvalue weighted by Gasteiger charge is -2.43. The predicted molar refractivity (Wildman–Crippen MR) is 80.9 cm³/mol. The van der Waals surface area contributed by atoms with E-state index < -0.39 is 0 Å². The molecule has 2 N–H and O–H groups in total. The summed E-state index contributed by atoms with van der Waals surface area (Å²) < 4.78 is 5.28. The van der Waals surface area contributed by atoms with Crippen molar-refractivity contribution < 1.29 is 4.74 Å². The highest BCUT2D eigenvalue weighted by Gasteiger charge is 2.26. The molecule has 1 saturated heterocycles. The molecule has 1 aliphatic rings. The Kier molecular flexibility index (Phi) is 3.90. The second kappa shape index (κ2) is 5.29. The van der Waals surface area contributed by atoms with Gasteiger partial charge in [0.15, 0.2) is 0 Å². The van der Waals surface area contributed by atoms with Crippen LogP contribution in [0.15, 0.2) is 18.2 Å². The topological polar surface area (TPSA) is 41.7 Å². The van der Waals surface area contributed by atoms with E-state index in [2.05, 4.69) is 30.6 Å². The van der Waals surface area contributed by atoms with Gasteiger partial charge in [-0.1, -0.05) is 0 Å². The normalized spacial score (nSPS) is 17.6. The van der Waals surface area contributed by atoms with Crippen molar-refractivity contribution in [1.29, 1.82) is 0 Å². The van der Waals surface area contributed by atoms with Gasteiger partial charge in [0.25, 0.3) is 0 Å². The van der Waals surface area contributed by atoms with Crippen molar-refractivity contribution in [3.8, 4) is 5.75 Å². The molecule has 0 saturated carbocycles. The van der Waals surface area contributed by atoms with E-state index in [9.17, 15) is 0 Å². The van der Waals surface area contributed by atoms with Crippen LogP contribution in [-0.4, -0.2) is 43.7 Å². The molecular formula is C15H25N3O. The van der Waals surface area contributed by atoms with Crippen LogP contribution in [0, 0.1) is 0 Å². The van der Waals surface area contributed by atoms with E-state index in [-0.39, 0.29) is 5.54 Å². The van der Waals surface area contributed by atoms with E-state index >= 15 is 0 Å². The van der Waals surface area contributed by atoms with Gasteiger partial charge in [0.2, 0.25) is 0 Å². The van der Waals surface area contributed by atoms with Gasteiger partial charge in [0.05, 0.1) is 18.5 Å². The van der Waals surface area contributed by atoms with Crippen molar-refractivity contribution in [3.63, 3.8) is 0 Å². The second-order valence-electron chi connectivity index (χ2n) is 6.07. The van der Waals surface area contributed by atoms with Gasteiger partial charge in [-0.15, -0.1) is 0 Å². The quantitative estimate of drug-likeness (QED) is 0.831. The molecule has 0 atom stereocenters. The molecule has 1 fully saturated rings. The summed E-state index contributed by atoms with van der Waals surface area (Å²) in [6, 6.07) is 5.86. The van der Waals surface area contributed by atoms with Crippen LogP contribution in [0.25, 0.3) is 0 Å². The average molecular weight is 263 g/mol. The number of hydrogen-bond donors (Lipinski definition) is 1. The largest absolute Gasteiger partial charge is 0.497 e. The predicted octanol–water partition coefficient (Wildman–Crippen LogP) is 2.20. The van der Waals surface area contributed by atoms with E-state index in [0.717, 1.165) is 43.3 Å². The van der Waals surface area contributed by atoms with E-state index in [1.807, 2.05) is 18.2 Å². The first-order valence-corrected chi connectivity index (χ1v) is 6.85. The number of rotatable bonds is 2. The van der Waals surface area contributed by atoms with Gasteiger partial charge in [0.1, 0.15) is 5.75 Å². The van der Waals surface area contributed by atoms with E-state index in [1.54, 1.807) is 7.11 Å². The summed E-state index contributed by atoms with van der Waals surface area (Å²) in [5, 5.41) is 0. The molecule has 0 radical (unpaired) electrons. The molecule has 2 rings (SSSR count). The zero-order valence-corrected chi connectivity index (χ0v) is 12.4. The van der Waals surface area contributed by atoms with Crippen molar-refractivity contribution in [3.05, 3.63) is 18.2 Å². The van der Waals surface area contributed by atoms with Gasteiger partial charge < -0.3 is 15.4 Å². The van der Waals surface area contributed by atoms with Gasteiger partial charge in [-0.2, -0.15) is 0 Å². The van der Waals surface area contributed by atoms with Crippen molar-refractivity contribution >= 4 is 11.4 Å². The maximum Gasteiger partial charge on any atom is 0.121 e. The van der Waals surface area contributed by atoms with Crippen LogP contribution in [0.1, 0.15) is 20.8 Å². The Bertz CT molecular complexity index is 432. The SMILES string of the molecule is COc1ccc(N)c(N2CCN(C(C)(C)C)CC2)c1. The number of piperazine rings is 1. The number of benzene rings is 1. The number of hydrogen-bond acceptors (Lipinski definition) is 4. The number of nitrogen functional groups attached to an aromatic ring is 1. The first-order valence-electron chi connectivity index (χ1n) is 6.85. The Hall–Kier alpha value is -1.42. The van der Waals surface area contributed by atoms with E-state index in [0.29, 0.717) is 0 Å². The van der Waals surface area contributed by atoms with Gasteiger partial charge in [-0.05, 0) is 32.9 Å². The smallest absolute Gasteiger partial charge is 0.121 e. The first-order chi connectivity index (χ1) is 8.91. The Labute approximate surface area is 116 Å². The summed E-state index contributed by atoms with van der Waals surface area (Å²) in [4.78, 5) is 4.86. The van der Waals surface area contributed by atoms with E-state index in [1.165, 1.54) is 0 Å². The molecule has 1 aromatic carbocycles. The highest BCUT2D eigenvalue weighted by Crippen LogP contribution is 2.29. The molecule has 1 aliphatic heterocycles. The highest BCUT2D eigenvalue weighted by atomic mass is 16.5. The standard InChI is InChI=1S/C15H25N3O/c1-15(2,3)18-9-7-17(8-10-18)14-11-12(19-4)5-6-13(14)16/h5-6,11H,7-10,16H2,1-4H3. The molecule has 0 unspecified atom stereocenters. The summed E-state index contributed by atoms with van der Waals surface area (Å²) in [7, 11) is 1.69. The number of nitrogens with two attached hydrogens (primary N) is 1. The molecule has 1 aromatic rings. The number of ether oxygens (including phenoxy) is 1. The Morgan fingerprint density at radius 2 is 1.74 bits per heavy atom. The fraction of sp³-hybridized carbons (Fsp3) is 0.600. The van der Waals surface area contributed by atoms with Gasteiger partial charge in [-0.3, -0.25) is 4.90 Å². The van der Waals surface area contributed by atoms with E-state index in [4.69, 9.17) is 10.5 Å². The van der Waals surface area contributed by atoms with Gasteiger partial charge in [-0.25, -0.2) is 0 Å². The lowest BCUT2D eigenvalue weighted by molar-refractivity contribution is 0.128. The second-order valence-corrected chi connectivity index (χ2v) is 6.07. The highest BCUT2D eigenvalue weighted by molar-refractivity contribution is 5.69. The van der Waals surface area contributed by atoms with Crippen LogP contribution in [0.4, 0.5) is 11.4 Å². The molecule has 1 heterocycles. The fourth-order valence-corrected chi connectivity index (χ4v) is 2.54. The molecule has 19 heavy (non-hydrogen) atoms. The summed E-state index contributed by atoms with van der Waals surface area (Å²) in [5.41, 5.74) is 8.24. The minimum absolute atomic E-state index is 0.242. The van der Waals surface area contributed by atoms with Crippen LogP contribution in [-0.2, 0) is 0 Å². The minimum Gasteiger partial charge on any atom is -0.497 e. The van der Waals surface area contributed by atoms with Gasteiger partial charge in [0, 0.05) is 37.8 Å². The maximum absolute atomic E-state index is 6.08. The van der Waals surface area contributed by atoms with Gasteiger partial charge >= 0.3 is 0 Å². The van der Waals surface area contributed by atoms with Crippen molar-refractivity contribution in [2.24, 2.45) is 0 Å². The van der Waals surface area contributed by atoms with Crippen LogP contribution in [0.3, 0.4) is 0 Å². The Morgan fingerprint density at radius 1 is 1.11 bits per heavy atom. The lowest BCUT2D eigenvalue weighted by Crippen LogP contribution is -2.53. The monoisotopic (exact) mass is 263 g/mol. The molecule has 4 heteroatoms. The molecule has 0 bridgehead atoms. The third-order valence-electron chi connectivity index (χ3n) is 3.81. The molecule has 4 nitrogen and oxygen atoms in total. The van der Waals surface area contributed by atoms with Crippen molar-refractivity contribution in [1.82, 2.24) is 4.90 Å².